The lowest BCUT2D eigenvalue weighted by Gasteiger charge is -2.21. The standard InChI is InChI=1S/C13H21NO3S/c1-9-5-6-11(17-9)13(3,16)8-14-12(15)7-10(2)18-4/h5-6,10,16H,7-8H2,1-4H3,(H,14,15). The molecule has 1 amide bonds. The van der Waals surface area contributed by atoms with Gasteiger partial charge in [-0.2, -0.15) is 11.8 Å². The largest absolute Gasteiger partial charge is 0.463 e. The molecule has 0 radical (unpaired) electrons. The van der Waals surface area contributed by atoms with Gasteiger partial charge in [0.15, 0.2) is 0 Å². The third-order valence-corrected chi connectivity index (χ3v) is 3.75. The smallest absolute Gasteiger partial charge is 0.221 e. The van der Waals surface area contributed by atoms with Crippen molar-refractivity contribution in [1.29, 1.82) is 0 Å². The van der Waals surface area contributed by atoms with Crippen LogP contribution in [0.4, 0.5) is 0 Å². The molecule has 1 rings (SSSR count). The third-order valence-electron chi connectivity index (χ3n) is 2.78. The van der Waals surface area contributed by atoms with Gasteiger partial charge in [0.25, 0.3) is 0 Å². The molecule has 0 saturated carbocycles. The van der Waals surface area contributed by atoms with Gasteiger partial charge in [-0.1, -0.05) is 6.92 Å². The Labute approximate surface area is 112 Å². The van der Waals surface area contributed by atoms with E-state index in [1.54, 1.807) is 30.8 Å². The Kier molecular flexibility index (Phi) is 5.28. The Morgan fingerprint density at radius 2 is 2.28 bits per heavy atom. The molecule has 0 aliphatic heterocycles. The fourth-order valence-corrected chi connectivity index (χ4v) is 1.82. The lowest BCUT2D eigenvalue weighted by atomic mass is 10.0. The van der Waals surface area contributed by atoms with Gasteiger partial charge in [0, 0.05) is 11.7 Å². The summed E-state index contributed by atoms with van der Waals surface area (Å²) in [4.78, 5) is 11.6. The van der Waals surface area contributed by atoms with E-state index in [1.807, 2.05) is 20.1 Å². The van der Waals surface area contributed by atoms with Crippen LogP contribution >= 0.6 is 11.8 Å². The van der Waals surface area contributed by atoms with Gasteiger partial charge in [-0.05, 0) is 32.2 Å². The topological polar surface area (TPSA) is 62.5 Å². The first kappa shape index (κ1) is 15.1. The summed E-state index contributed by atoms with van der Waals surface area (Å²) in [7, 11) is 0. The fourth-order valence-electron chi connectivity index (χ4n) is 1.50. The zero-order valence-electron chi connectivity index (χ0n) is 11.3. The zero-order chi connectivity index (χ0) is 13.8. The molecule has 0 bridgehead atoms. The number of aryl methyl sites for hydroxylation is 1. The SMILES string of the molecule is CSC(C)CC(=O)NCC(C)(O)c1ccc(C)o1. The lowest BCUT2D eigenvalue weighted by molar-refractivity contribution is -0.122. The summed E-state index contributed by atoms with van der Waals surface area (Å²) in [6.07, 6.45) is 2.42. The Balaban J connectivity index is 2.49. The summed E-state index contributed by atoms with van der Waals surface area (Å²) in [6, 6.07) is 3.52. The molecule has 2 atom stereocenters. The highest BCUT2D eigenvalue weighted by molar-refractivity contribution is 7.99. The number of furan rings is 1. The average Bonchev–Trinajstić information content (AvgIpc) is 2.74. The number of amides is 1. The molecule has 4 nitrogen and oxygen atoms in total. The van der Waals surface area contributed by atoms with Crippen LogP contribution in [0.25, 0.3) is 0 Å². The molecule has 102 valence electrons. The van der Waals surface area contributed by atoms with Crippen molar-refractivity contribution in [2.45, 2.75) is 38.0 Å². The van der Waals surface area contributed by atoms with E-state index >= 15 is 0 Å². The van der Waals surface area contributed by atoms with Crippen LogP contribution in [0.15, 0.2) is 16.5 Å². The summed E-state index contributed by atoms with van der Waals surface area (Å²) in [5.41, 5.74) is -1.17. The van der Waals surface area contributed by atoms with Gasteiger partial charge in [0.05, 0.1) is 6.54 Å². The lowest BCUT2D eigenvalue weighted by Crippen LogP contribution is -2.39. The number of thioether (sulfide) groups is 1. The van der Waals surface area contributed by atoms with Crippen LogP contribution in [0.2, 0.25) is 0 Å². The van der Waals surface area contributed by atoms with E-state index in [9.17, 15) is 9.90 Å². The molecule has 2 unspecified atom stereocenters. The molecule has 0 aromatic carbocycles. The van der Waals surface area contributed by atoms with Gasteiger partial charge in [-0.25, -0.2) is 0 Å². The van der Waals surface area contributed by atoms with Crippen molar-refractivity contribution in [1.82, 2.24) is 5.32 Å². The minimum Gasteiger partial charge on any atom is -0.463 e. The second-order valence-electron chi connectivity index (χ2n) is 4.71. The maximum atomic E-state index is 11.6. The number of hydrogen-bond donors (Lipinski definition) is 2. The highest BCUT2D eigenvalue weighted by Crippen LogP contribution is 2.22. The second kappa shape index (κ2) is 6.29. The molecule has 2 N–H and O–H groups in total. The summed E-state index contributed by atoms with van der Waals surface area (Å²) < 4.78 is 5.38. The van der Waals surface area contributed by atoms with Crippen molar-refractivity contribution in [2.24, 2.45) is 0 Å². The minimum absolute atomic E-state index is 0.0552. The fraction of sp³-hybridized carbons (Fsp3) is 0.615. The van der Waals surface area contributed by atoms with E-state index < -0.39 is 5.60 Å². The average molecular weight is 271 g/mol. The number of aliphatic hydroxyl groups is 1. The Bertz CT molecular complexity index is 401. The van der Waals surface area contributed by atoms with Crippen LogP contribution in [0.3, 0.4) is 0 Å². The summed E-state index contributed by atoms with van der Waals surface area (Å²) in [6.45, 7) is 5.60. The van der Waals surface area contributed by atoms with E-state index in [0.29, 0.717) is 12.2 Å². The monoisotopic (exact) mass is 271 g/mol. The molecule has 18 heavy (non-hydrogen) atoms. The van der Waals surface area contributed by atoms with Crippen LogP contribution < -0.4 is 5.32 Å². The Morgan fingerprint density at radius 3 is 2.78 bits per heavy atom. The van der Waals surface area contributed by atoms with Crippen molar-refractivity contribution in [2.75, 3.05) is 12.8 Å². The van der Waals surface area contributed by atoms with Gasteiger partial charge in [-0.3, -0.25) is 4.79 Å². The summed E-state index contributed by atoms with van der Waals surface area (Å²) >= 11 is 1.64. The molecule has 0 saturated heterocycles. The summed E-state index contributed by atoms with van der Waals surface area (Å²) in [5.74, 6) is 1.16. The molecule has 0 aliphatic rings. The first-order valence-electron chi connectivity index (χ1n) is 5.94. The highest BCUT2D eigenvalue weighted by atomic mass is 32.2. The number of nitrogens with one attached hydrogen (secondary N) is 1. The molecule has 1 aromatic rings. The zero-order valence-corrected chi connectivity index (χ0v) is 12.1. The number of hydrogen-bond acceptors (Lipinski definition) is 4. The predicted molar refractivity (Wildman–Crippen MR) is 73.6 cm³/mol. The van der Waals surface area contributed by atoms with Crippen LogP contribution in [0, 0.1) is 6.92 Å². The molecular weight excluding hydrogens is 250 g/mol. The van der Waals surface area contributed by atoms with Crippen LogP contribution in [0.5, 0.6) is 0 Å². The van der Waals surface area contributed by atoms with Crippen molar-refractivity contribution in [3.63, 3.8) is 0 Å². The first-order chi connectivity index (χ1) is 8.35. The van der Waals surface area contributed by atoms with Crippen LogP contribution in [0.1, 0.15) is 31.8 Å². The highest BCUT2D eigenvalue weighted by Gasteiger charge is 2.27. The molecule has 0 aliphatic carbocycles. The minimum atomic E-state index is -1.17. The van der Waals surface area contributed by atoms with E-state index in [1.165, 1.54) is 0 Å². The third kappa shape index (κ3) is 4.38. The number of carbonyl (C=O) groups is 1. The Hall–Kier alpha value is -0.940. The van der Waals surface area contributed by atoms with E-state index in [4.69, 9.17) is 4.42 Å². The quantitative estimate of drug-likeness (QED) is 0.831. The molecule has 5 heteroatoms. The van der Waals surface area contributed by atoms with Gasteiger partial charge in [0.2, 0.25) is 5.91 Å². The van der Waals surface area contributed by atoms with Gasteiger partial charge in [0.1, 0.15) is 17.1 Å². The van der Waals surface area contributed by atoms with E-state index in [2.05, 4.69) is 5.32 Å². The van der Waals surface area contributed by atoms with Crippen molar-refractivity contribution in [3.8, 4) is 0 Å². The molecule has 1 aromatic heterocycles. The van der Waals surface area contributed by atoms with Crippen LogP contribution in [-0.4, -0.2) is 29.1 Å². The maximum absolute atomic E-state index is 11.6. The summed E-state index contributed by atoms with van der Waals surface area (Å²) in [5, 5.41) is 13.2. The van der Waals surface area contributed by atoms with Crippen molar-refractivity contribution in [3.05, 3.63) is 23.7 Å². The van der Waals surface area contributed by atoms with Crippen LogP contribution in [-0.2, 0) is 10.4 Å². The molecule has 0 spiro atoms. The van der Waals surface area contributed by atoms with E-state index in [0.717, 1.165) is 5.76 Å². The Morgan fingerprint density at radius 1 is 1.61 bits per heavy atom. The molecule has 1 heterocycles. The maximum Gasteiger partial charge on any atom is 0.221 e. The van der Waals surface area contributed by atoms with Gasteiger partial charge in [-0.15, -0.1) is 0 Å². The second-order valence-corrected chi connectivity index (χ2v) is 5.99. The molecule has 0 fully saturated rings. The van der Waals surface area contributed by atoms with E-state index in [-0.39, 0.29) is 17.7 Å². The number of rotatable bonds is 6. The van der Waals surface area contributed by atoms with Crippen molar-refractivity contribution < 1.29 is 14.3 Å². The first-order valence-corrected chi connectivity index (χ1v) is 7.22. The van der Waals surface area contributed by atoms with Gasteiger partial charge >= 0.3 is 0 Å². The van der Waals surface area contributed by atoms with Crippen molar-refractivity contribution >= 4 is 17.7 Å². The predicted octanol–water partition coefficient (Wildman–Crippen LogP) is 2.05. The normalized spacial score (nSPS) is 16.1. The van der Waals surface area contributed by atoms with Gasteiger partial charge < -0.3 is 14.8 Å². The number of carbonyl (C=O) groups excluding carboxylic acids is 1. The molecular formula is C13H21NO3S.